The molecular weight excluding hydrogens is 198 g/mol. The van der Waals surface area contributed by atoms with E-state index in [1.807, 2.05) is 19.0 Å². The van der Waals surface area contributed by atoms with Crippen LogP contribution in [0.5, 0.6) is 0 Å². The molecule has 0 amide bonds. The van der Waals surface area contributed by atoms with E-state index in [0.717, 1.165) is 10.9 Å². The number of nitrogens with zero attached hydrogens (tertiary/aromatic N) is 4. The summed E-state index contributed by atoms with van der Waals surface area (Å²) in [7, 11) is 5.62. The molecule has 1 rings (SSSR count). The van der Waals surface area contributed by atoms with Crippen molar-refractivity contribution >= 4 is 23.7 Å². The average molecular weight is 213 g/mol. The molecule has 14 heavy (non-hydrogen) atoms. The summed E-state index contributed by atoms with van der Waals surface area (Å²) in [6.07, 6.45) is 0. The normalized spacial score (nSPS) is 10.0. The van der Waals surface area contributed by atoms with E-state index in [4.69, 9.17) is 0 Å². The Balaban J connectivity index is 3.00. The van der Waals surface area contributed by atoms with Crippen molar-refractivity contribution in [2.75, 3.05) is 37.1 Å². The Kier molecular flexibility index (Phi) is 3.94. The minimum absolute atomic E-state index is 0.611. The number of thioether (sulfide) groups is 1. The van der Waals surface area contributed by atoms with E-state index in [9.17, 15) is 0 Å². The fourth-order valence-corrected chi connectivity index (χ4v) is 1.41. The Bertz CT molecular complexity index is 302. The first-order valence-corrected chi connectivity index (χ1v) is 5.40. The van der Waals surface area contributed by atoms with Crippen LogP contribution in [-0.4, -0.2) is 41.8 Å². The fourth-order valence-electron chi connectivity index (χ4n) is 0.851. The molecule has 1 aromatic heterocycles. The van der Waals surface area contributed by atoms with Gasteiger partial charge in [-0.25, -0.2) is 0 Å². The van der Waals surface area contributed by atoms with Gasteiger partial charge in [-0.3, -0.25) is 0 Å². The lowest BCUT2D eigenvalue weighted by molar-refractivity contribution is 0.870. The van der Waals surface area contributed by atoms with Crippen molar-refractivity contribution in [3.05, 3.63) is 0 Å². The van der Waals surface area contributed by atoms with Gasteiger partial charge in [0.2, 0.25) is 11.9 Å². The summed E-state index contributed by atoms with van der Waals surface area (Å²) in [5.41, 5.74) is 0. The van der Waals surface area contributed by atoms with Crippen LogP contribution in [0.25, 0.3) is 0 Å². The van der Waals surface area contributed by atoms with Gasteiger partial charge >= 0.3 is 0 Å². The first kappa shape index (κ1) is 11.0. The van der Waals surface area contributed by atoms with Gasteiger partial charge in [-0.05, 0) is 5.75 Å². The van der Waals surface area contributed by atoms with Crippen LogP contribution >= 0.6 is 11.8 Å². The first-order valence-electron chi connectivity index (χ1n) is 4.41. The molecule has 0 saturated carbocycles. The molecule has 5 nitrogen and oxygen atoms in total. The van der Waals surface area contributed by atoms with Gasteiger partial charge in [0.1, 0.15) is 0 Å². The summed E-state index contributed by atoms with van der Waals surface area (Å²) in [4.78, 5) is 14.6. The lowest BCUT2D eigenvalue weighted by atomic mass is 10.8. The molecule has 1 heterocycles. The van der Waals surface area contributed by atoms with Crippen molar-refractivity contribution in [2.24, 2.45) is 0 Å². The molecular formula is C8H15N5S. The van der Waals surface area contributed by atoms with Gasteiger partial charge in [0.25, 0.3) is 0 Å². The summed E-state index contributed by atoms with van der Waals surface area (Å²) in [5.74, 6) is 2.25. The lowest BCUT2D eigenvalue weighted by Gasteiger charge is -2.11. The highest BCUT2D eigenvalue weighted by Crippen LogP contribution is 2.16. The van der Waals surface area contributed by atoms with Crippen molar-refractivity contribution < 1.29 is 0 Å². The number of anilines is 2. The summed E-state index contributed by atoms with van der Waals surface area (Å²) in [5, 5.41) is 3.68. The quantitative estimate of drug-likeness (QED) is 0.756. The van der Waals surface area contributed by atoms with E-state index >= 15 is 0 Å². The molecule has 0 unspecified atom stereocenters. The number of hydrogen-bond acceptors (Lipinski definition) is 6. The Morgan fingerprint density at radius 3 is 2.50 bits per heavy atom. The first-order chi connectivity index (χ1) is 6.67. The minimum atomic E-state index is 0.611. The second-order valence-electron chi connectivity index (χ2n) is 2.82. The Labute approximate surface area is 88.3 Å². The minimum Gasteiger partial charge on any atom is -0.357 e. The van der Waals surface area contributed by atoms with E-state index in [2.05, 4.69) is 27.2 Å². The van der Waals surface area contributed by atoms with Crippen LogP contribution in [0.3, 0.4) is 0 Å². The molecule has 1 aromatic rings. The maximum Gasteiger partial charge on any atom is 0.230 e. The van der Waals surface area contributed by atoms with E-state index in [0.29, 0.717) is 11.9 Å². The Hall–Kier alpha value is -1.04. The molecule has 0 atom stereocenters. The van der Waals surface area contributed by atoms with Crippen LogP contribution in [0.2, 0.25) is 0 Å². The molecule has 0 aliphatic carbocycles. The van der Waals surface area contributed by atoms with Gasteiger partial charge in [-0.1, -0.05) is 18.7 Å². The molecule has 0 aliphatic heterocycles. The van der Waals surface area contributed by atoms with Crippen molar-refractivity contribution in [1.29, 1.82) is 0 Å². The highest BCUT2D eigenvalue weighted by molar-refractivity contribution is 7.99. The van der Waals surface area contributed by atoms with Gasteiger partial charge in [-0.2, -0.15) is 15.0 Å². The molecule has 0 spiro atoms. The highest BCUT2D eigenvalue weighted by Gasteiger charge is 2.06. The summed E-state index contributed by atoms with van der Waals surface area (Å²) in [6.45, 7) is 2.07. The lowest BCUT2D eigenvalue weighted by Crippen LogP contribution is -2.15. The molecule has 0 saturated heterocycles. The zero-order chi connectivity index (χ0) is 10.6. The summed E-state index contributed by atoms with van der Waals surface area (Å²) in [6, 6.07) is 0. The van der Waals surface area contributed by atoms with Crippen molar-refractivity contribution in [2.45, 2.75) is 12.1 Å². The fraction of sp³-hybridized carbons (Fsp3) is 0.625. The monoisotopic (exact) mass is 213 g/mol. The molecule has 6 heteroatoms. The van der Waals surface area contributed by atoms with Crippen molar-refractivity contribution in [3.8, 4) is 0 Å². The predicted octanol–water partition coefficient (Wildman–Crippen LogP) is 1.09. The SMILES string of the molecule is CCSc1nc(NC)nc(N(C)C)n1. The highest BCUT2D eigenvalue weighted by atomic mass is 32.2. The number of hydrogen-bond donors (Lipinski definition) is 1. The second kappa shape index (κ2) is 4.99. The maximum absolute atomic E-state index is 4.30. The van der Waals surface area contributed by atoms with Crippen molar-refractivity contribution in [1.82, 2.24) is 15.0 Å². The molecule has 0 bridgehead atoms. The van der Waals surface area contributed by atoms with Crippen LogP contribution in [0.1, 0.15) is 6.92 Å². The van der Waals surface area contributed by atoms with Gasteiger partial charge < -0.3 is 10.2 Å². The van der Waals surface area contributed by atoms with Crippen LogP contribution in [0.4, 0.5) is 11.9 Å². The number of rotatable bonds is 4. The van der Waals surface area contributed by atoms with Crippen molar-refractivity contribution in [3.63, 3.8) is 0 Å². The van der Waals surface area contributed by atoms with E-state index in [-0.39, 0.29) is 0 Å². The zero-order valence-electron chi connectivity index (χ0n) is 8.90. The third-order valence-corrected chi connectivity index (χ3v) is 2.23. The van der Waals surface area contributed by atoms with Crippen LogP contribution in [0.15, 0.2) is 5.16 Å². The topological polar surface area (TPSA) is 53.9 Å². The number of nitrogens with one attached hydrogen (secondary N) is 1. The average Bonchev–Trinajstić information content (AvgIpc) is 2.17. The summed E-state index contributed by atoms with van der Waals surface area (Å²) >= 11 is 1.61. The summed E-state index contributed by atoms with van der Waals surface area (Å²) < 4.78 is 0. The molecule has 0 aliphatic rings. The molecule has 0 radical (unpaired) electrons. The van der Waals surface area contributed by atoms with Crippen LogP contribution in [-0.2, 0) is 0 Å². The van der Waals surface area contributed by atoms with Crippen LogP contribution < -0.4 is 10.2 Å². The van der Waals surface area contributed by atoms with E-state index in [1.165, 1.54) is 0 Å². The molecule has 78 valence electrons. The number of aromatic nitrogens is 3. The van der Waals surface area contributed by atoms with Gasteiger partial charge in [0.15, 0.2) is 5.16 Å². The molecule has 0 fully saturated rings. The Morgan fingerprint density at radius 2 is 2.00 bits per heavy atom. The van der Waals surface area contributed by atoms with Crippen LogP contribution in [0, 0.1) is 0 Å². The van der Waals surface area contributed by atoms with E-state index in [1.54, 1.807) is 18.8 Å². The molecule has 0 aromatic carbocycles. The second-order valence-corrected chi connectivity index (χ2v) is 4.05. The van der Waals surface area contributed by atoms with E-state index < -0.39 is 0 Å². The zero-order valence-corrected chi connectivity index (χ0v) is 9.72. The third-order valence-electron chi connectivity index (χ3n) is 1.50. The predicted molar refractivity (Wildman–Crippen MR) is 60.1 cm³/mol. The largest absolute Gasteiger partial charge is 0.357 e. The van der Waals surface area contributed by atoms with Gasteiger partial charge in [-0.15, -0.1) is 0 Å². The standard InChI is InChI=1S/C8H15N5S/c1-5-14-8-11-6(9-2)10-7(12-8)13(3)4/h5H2,1-4H3,(H,9,10,11,12). The smallest absolute Gasteiger partial charge is 0.230 e. The third kappa shape index (κ3) is 2.73. The molecule has 1 N–H and O–H groups in total. The van der Waals surface area contributed by atoms with Gasteiger partial charge in [0.05, 0.1) is 0 Å². The Morgan fingerprint density at radius 1 is 1.29 bits per heavy atom. The maximum atomic E-state index is 4.30. The van der Waals surface area contributed by atoms with Gasteiger partial charge in [0, 0.05) is 21.1 Å².